The summed E-state index contributed by atoms with van der Waals surface area (Å²) in [5, 5.41) is 0. The second kappa shape index (κ2) is 6.32. The van der Waals surface area contributed by atoms with Crippen LogP contribution in [0.5, 0.6) is 0 Å². The van der Waals surface area contributed by atoms with Gasteiger partial charge in [-0.3, -0.25) is 4.79 Å². The molecule has 1 heterocycles. The average Bonchev–Trinajstić information content (AvgIpc) is 3.01. The van der Waals surface area contributed by atoms with Crippen LogP contribution in [0.1, 0.15) is 48.0 Å². The zero-order chi connectivity index (χ0) is 14.7. The minimum Gasteiger partial charge on any atom is -0.335 e. The number of carbonyl (C=O) groups is 1. The first-order chi connectivity index (χ1) is 10.3. The molecular formula is C18H22N2O. The number of rotatable bonds is 1. The van der Waals surface area contributed by atoms with E-state index in [1.807, 2.05) is 24.3 Å². The number of amides is 1. The molecule has 1 saturated heterocycles. The normalized spacial score (nSPS) is 24.1. The molecule has 0 radical (unpaired) electrons. The molecule has 2 aliphatic rings. The summed E-state index contributed by atoms with van der Waals surface area (Å²) in [6.07, 6.45) is 6.11. The number of likely N-dealkylation sites (tertiary alicyclic amines) is 1. The van der Waals surface area contributed by atoms with Crippen molar-refractivity contribution >= 4 is 5.91 Å². The second-order valence-corrected chi connectivity index (χ2v) is 5.95. The number of nitrogens with two attached hydrogens (primary N) is 1. The molecule has 2 N–H and O–H groups in total. The van der Waals surface area contributed by atoms with Gasteiger partial charge in [-0.1, -0.05) is 30.4 Å². The lowest BCUT2D eigenvalue weighted by Gasteiger charge is -2.38. The fourth-order valence-corrected chi connectivity index (χ4v) is 3.79. The number of nitrogens with zero attached hydrogens (tertiary/aromatic N) is 1. The van der Waals surface area contributed by atoms with Gasteiger partial charge in [0.1, 0.15) is 0 Å². The van der Waals surface area contributed by atoms with Gasteiger partial charge in [0, 0.05) is 18.2 Å². The third-order valence-electron chi connectivity index (χ3n) is 4.74. The first-order valence-corrected chi connectivity index (χ1v) is 7.90. The summed E-state index contributed by atoms with van der Waals surface area (Å²) in [4.78, 5) is 15.1. The predicted octanol–water partition coefficient (Wildman–Crippen LogP) is 2.40. The van der Waals surface area contributed by atoms with Gasteiger partial charge in [0.25, 0.3) is 5.91 Å². The summed E-state index contributed by atoms with van der Waals surface area (Å²) in [5.74, 6) is 6.75. The van der Waals surface area contributed by atoms with Crippen LogP contribution in [0.3, 0.4) is 0 Å². The number of piperidine rings is 1. The Morgan fingerprint density at radius 2 is 2.05 bits per heavy atom. The fourth-order valence-electron chi connectivity index (χ4n) is 3.79. The Hall–Kier alpha value is -1.79. The third kappa shape index (κ3) is 2.82. The quantitative estimate of drug-likeness (QED) is 0.804. The fraction of sp³-hybridized carbons (Fsp3) is 0.500. The van der Waals surface area contributed by atoms with Crippen molar-refractivity contribution in [3.63, 3.8) is 0 Å². The molecule has 3 rings (SSSR count). The van der Waals surface area contributed by atoms with Gasteiger partial charge in [0.15, 0.2) is 0 Å². The summed E-state index contributed by atoms with van der Waals surface area (Å²) in [6, 6.07) is 8.08. The Labute approximate surface area is 126 Å². The van der Waals surface area contributed by atoms with Crippen molar-refractivity contribution in [3.05, 3.63) is 35.4 Å². The van der Waals surface area contributed by atoms with E-state index in [1.165, 1.54) is 19.3 Å². The maximum absolute atomic E-state index is 13.0. The lowest BCUT2D eigenvalue weighted by molar-refractivity contribution is 0.0548. The molecule has 2 atom stereocenters. The summed E-state index contributed by atoms with van der Waals surface area (Å²) in [7, 11) is 0. The van der Waals surface area contributed by atoms with Crippen LogP contribution >= 0.6 is 0 Å². The van der Waals surface area contributed by atoms with Gasteiger partial charge in [0.05, 0.1) is 12.1 Å². The summed E-state index contributed by atoms with van der Waals surface area (Å²) < 4.78 is 0. The summed E-state index contributed by atoms with van der Waals surface area (Å²) in [5.41, 5.74) is 6.97. The van der Waals surface area contributed by atoms with Crippen LogP contribution in [-0.4, -0.2) is 29.9 Å². The Kier molecular flexibility index (Phi) is 4.26. The van der Waals surface area contributed by atoms with Crippen molar-refractivity contribution in [2.75, 3.05) is 13.1 Å². The molecule has 0 aromatic heterocycles. The molecule has 1 aromatic carbocycles. The lowest BCUT2D eigenvalue weighted by Crippen LogP contribution is -2.46. The van der Waals surface area contributed by atoms with E-state index in [1.54, 1.807) is 0 Å². The zero-order valence-corrected chi connectivity index (χ0v) is 12.3. The maximum Gasteiger partial charge on any atom is 0.255 e. The molecule has 2 unspecified atom stereocenters. The lowest BCUT2D eigenvalue weighted by atomic mass is 9.91. The molecule has 1 saturated carbocycles. The van der Waals surface area contributed by atoms with Gasteiger partial charge in [-0.05, 0) is 43.7 Å². The van der Waals surface area contributed by atoms with Crippen LogP contribution in [0.2, 0.25) is 0 Å². The topological polar surface area (TPSA) is 46.3 Å². The number of carbonyl (C=O) groups excluding carboxylic acids is 1. The van der Waals surface area contributed by atoms with E-state index in [9.17, 15) is 4.79 Å². The van der Waals surface area contributed by atoms with E-state index in [2.05, 4.69) is 16.7 Å². The minimum atomic E-state index is 0.147. The molecule has 21 heavy (non-hydrogen) atoms. The first-order valence-electron chi connectivity index (χ1n) is 7.90. The van der Waals surface area contributed by atoms with Gasteiger partial charge in [-0.15, -0.1) is 0 Å². The average molecular weight is 282 g/mol. The van der Waals surface area contributed by atoms with Crippen LogP contribution in [0.15, 0.2) is 24.3 Å². The standard InChI is InChI=1S/C18H22N2O/c19-12-4-8-14-6-1-2-10-16(14)18(21)20-13-5-9-15-7-3-11-17(15)20/h1-2,6,10,15,17H,3,5,7,9,11-13,19H2. The van der Waals surface area contributed by atoms with E-state index in [0.29, 0.717) is 18.5 Å². The highest BCUT2D eigenvalue weighted by Gasteiger charge is 2.37. The second-order valence-electron chi connectivity index (χ2n) is 5.95. The van der Waals surface area contributed by atoms with E-state index in [4.69, 9.17) is 5.73 Å². The Balaban J connectivity index is 1.88. The number of hydrogen-bond acceptors (Lipinski definition) is 2. The van der Waals surface area contributed by atoms with Crippen molar-refractivity contribution in [1.82, 2.24) is 4.90 Å². The van der Waals surface area contributed by atoms with Gasteiger partial charge in [0.2, 0.25) is 0 Å². The van der Waals surface area contributed by atoms with Crippen molar-refractivity contribution in [1.29, 1.82) is 0 Å². The smallest absolute Gasteiger partial charge is 0.255 e. The third-order valence-corrected chi connectivity index (χ3v) is 4.74. The summed E-state index contributed by atoms with van der Waals surface area (Å²) >= 11 is 0. The molecule has 3 heteroatoms. The predicted molar refractivity (Wildman–Crippen MR) is 83.8 cm³/mol. The zero-order valence-electron chi connectivity index (χ0n) is 12.3. The van der Waals surface area contributed by atoms with Crippen molar-refractivity contribution in [2.45, 2.75) is 38.1 Å². The Bertz CT molecular complexity index is 584. The molecule has 2 fully saturated rings. The van der Waals surface area contributed by atoms with Crippen LogP contribution < -0.4 is 5.73 Å². The first kappa shape index (κ1) is 14.2. The van der Waals surface area contributed by atoms with Crippen LogP contribution in [0.25, 0.3) is 0 Å². The van der Waals surface area contributed by atoms with E-state index >= 15 is 0 Å². The molecule has 3 nitrogen and oxygen atoms in total. The SMILES string of the molecule is NCC#Cc1ccccc1C(=O)N1CCCC2CCCC21. The molecule has 1 aliphatic heterocycles. The molecule has 0 spiro atoms. The van der Waals surface area contributed by atoms with E-state index in [-0.39, 0.29) is 5.91 Å². The molecule has 0 bridgehead atoms. The van der Waals surface area contributed by atoms with Crippen molar-refractivity contribution < 1.29 is 4.79 Å². The number of hydrogen-bond donors (Lipinski definition) is 1. The van der Waals surface area contributed by atoms with Gasteiger partial charge in [-0.25, -0.2) is 0 Å². The van der Waals surface area contributed by atoms with Gasteiger partial charge in [-0.2, -0.15) is 0 Å². The van der Waals surface area contributed by atoms with Crippen molar-refractivity contribution in [3.8, 4) is 11.8 Å². The molecule has 1 amide bonds. The largest absolute Gasteiger partial charge is 0.335 e. The maximum atomic E-state index is 13.0. The number of fused-ring (bicyclic) bond motifs is 1. The highest BCUT2D eigenvalue weighted by molar-refractivity contribution is 5.97. The summed E-state index contributed by atoms with van der Waals surface area (Å²) in [6.45, 7) is 1.20. The highest BCUT2D eigenvalue weighted by atomic mass is 16.2. The number of benzene rings is 1. The van der Waals surface area contributed by atoms with Crippen molar-refractivity contribution in [2.24, 2.45) is 11.7 Å². The van der Waals surface area contributed by atoms with Gasteiger partial charge >= 0.3 is 0 Å². The van der Waals surface area contributed by atoms with Gasteiger partial charge < -0.3 is 10.6 Å². The minimum absolute atomic E-state index is 0.147. The molecule has 110 valence electrons. The molecule has 1 aromatic rings. The van der Waals surface area contributed by atoms with E-state index < -0.39 is 0 Å². The Morgan fingerprint density at radius 1 is 1.24 bits per heavy atom. The Morgan fingerprint density at radius 3 is 2.90 bits per heavy atom. The van der Waals surface area contributed by atoms with Crippen LogP contribution in [0, 0.1) is 17.8 Å². The van der Waals surface area contributed by atoms with E-state index in [0.717, 1.165) is 30.5 Å². The monoisotopic (exact) mass is 282 g/mol. The van der Waals surface area contributed by atoms with Crippen LogP contribution in [0.4, 0.5) is 0 Å². The highest BCUT2D eigenvalue weighted by Crippen LogP contribution is 2.37. The molecule has 1 aliphatic carbocycles. The van der Waals surface area contributed by atoms with Crippen LogP contribution in [-0.2, 0) is 0 Å². The molecular weight excluding hydrogens is 260 g/mol.